The van der Waals surface area contributed by atoms with Gasteiger partial charge in [0.25, 0.3) is 0 Å². The molecule has 20 heavy (non-hydrogen) atoms. The summed E-state index contributed by atoms with van der Waals surface area (Å²) in [5.41, 5.74) is 4.88. The van der Waals surface area contributed by atoms with E-state index >= 15 is 0 Å². The SMILES string of the molecule is ClCc1cc(-c2cccnc2)cnc1-c1cccnc1. The first kappa shape index (κ1) is 12.8. The number of alkyl halides is 1. The van der Waals surface area contributed by atoms with E-state index in [2.05, 4.69) is 21.0 Å². The van der Waals surface area contributed by atoms with Gasteiger partial charge in [0.2, 0.25) is 0 Å². The minimum atomic E-state index is 0.408. The molecule has 3 heterocycles. The Hall–Kier alpha value is -2.26. The van der Waals surface area contributed by atoms with Crippen molar-refractivity contribution in [2.75, 3.05) is 0 Å². The van der Waals surface area contributed by atoms with Crippen molar-refractivity contribution < 1.29 is 0 Å². The van der Waals surface area contributed by atoms with Gasteiger partial charge in [0, 0.05) is 53.6 Å². The standard InChI is InChI=1S/C16H12ClN3/c17-8-14-7-15(12-3-1-5-18-9-12)11-20-16(14)13-4-2-6-19-10-13/h1-7,9-11H,8H2. The number of aromatic nitrogens is 3. The van der Waals surface area contributed by atoms with Crippen LogP contribution in [0.1, 0.15) is 5.56 Å². The van der Waals surface area contributed by atoms with Crippen molar-refractivity contribution in [3.8, 4) is 22.4 Å². The molecule has 98 valence electrons. The fraction of sp³-hybridized carbons (Fsp3) is 0.0625. The highest BCUT2D eigenvalue weighted by atomic mass is 35.5. The van der Waals surface area contributed by atoms with Crippen LogP contribution in [-0.4, -0.2) is 15.0 Å². The lowest BCUT2D eigenvalue weighted by Gasteiger charge is -2.09. The number of nitrogens with zero attached hydrogens (tertiary/aromatic N) is 3. The zero-order valence-electron chi connectivity index (χ0n) is 10.7. The molecular weight excluding hydrogens is 270 g/mol. The average Bonchev–Trinajstić information content (AvgIpc) is 2.56. The van der Waals surface area contributed by atoms with Crippen LogP contribution < -0.4 is 0 Å². The lowest BCUT2D eigenvalue weighted by atomic mass is 10.0. The molecule has 0 bridgehead atoms. The number of pyridine rings is 3. The second-order valence-electron chi connectivity index (χ2n) is 4.35. The third-order valence-corrected chi connectivity index (χ3v) is 3.33. The van der Waals surface area contributed by atoms with Gasteiger partial charge in [0.05, 0.1) is 5.69 Å². The van der Waals surface area contributed by atoms with Crippen LogP contribution in [0.4, 0.5) is 0 Å². The number of hydrogen-bond acceptors (Lipinski definition) is 3. The Morgan fingerprint density at radius 3 is 2.15 bits per heavy atom. The minimum absolute atomic E-state index is 0.408. The molecular formula is C16H12ClN3. The minimum Gasteiger partial charge on any atom is -0.264 e. The van der Waals surface area contributed by atoms with Gasteiger partial charge in [0.1, 0.15) is 0 Å². The van der Waals surface area contributed by atoms with Crippen LogP contribution in [0.3, 0.4) is 0 Å². The zero-order valence-corrected chi connectivity index (χ0v) is 11.5. The lowest BCUT2D eigenvalue weighted by molar-refractivity contribution is 1.22. The van der Waals surface area contributed by atoms with Gasteiger partial charge in [-0.1, -0.05) is 6.07 Å². The van der Waals surface area contributed by atoms with Gasteiger partial charge in [-0.05, 0) is 29.8 Å². The molecule has 0 aliphatic rings. The summed E-state index contributed by atoms with van der Waals surface area (Å²) in [7, 11) is 0. The summed E-state index contributed by atoms with van der Waals surface area (Å²) in [6, 6.07) is 9.84. The van der Waals surface area contributed by atoms with Crippen LogP contribution in [0.15, 0.2) is 61.3 Å². The van der Waals surface area contributed by atoms with E-state index in [1.807, 2.05) is 36.7 Å². The first-order valence-corrected chi connectivity index (χ1v) is 6.77. The Bertz CT molecular complexity index is 699. The third-order valence-electron chi connectivity index (χ3n) is 3.04. The zero-order chi connectivity index (χ0) is 13.8. The Morgan fingerprint density at radius 1 is 0.850 bits per heavy atom. The first-order chi connectivity index (χ1) is 9.88. The molecule has 0 spiro atoms. The molecule has 0 saturated carbocycles. The molecule has 0 saturated heterocycles. The van der Waals surface area contributed by atoms with Crippen LogP contribution in [0, 0.1) is 0 Å². The first-order valence-electron chi connectivity index (χ1n) is 6.24. The molecule has 3 nitrogen and oxygen atoms in total. The Balaban J connectivity index is 2.07. The smallest absolute Gasteiger partial charge is 0.0761 e. The monoisotopic (exact) mass is 281 g/mol. The molecule has 0 fully saturated rings. The van der Waals surface area contributed by atoms with E-state index in [0.717, 1.165) is 27.9 Å². The van der Waals surface area contributed by atoms with E-state index in [-0.39, 0.29) is 0 Å². The van der Waals surface area contributed by atoms with Crippen molar-refractivity contribution in [1.82, 2.24) is 15.0 Å². The summed E-state index contributed by atoms with van der Waals surface area (Å²) in [6.45, 7) is 0. The molecule has 0 amide bonds. The van der Waals surface area contributed by atoms with Crippen molar-refractivity contribution in [1.29, 1.82) is 0 Å². The van der Waals surface area contributed by atoms with Gasteiger partial charge >= 0.3 is 0 Å². The highest BCUT2D eigenvalue weighted by Crippen LogP contribution is 2.26. The largest absolute Gasteiger partial charge is 0.264 e. The summed E-state index contributed by atoms with van der Waals surface area (Å²) in [5.74, 6) is 0.408. The van der Waals surface area contributed by atoms with Crippen molar-refractivity contribution >= 4 is 11.6 Å². The fourth-order valence-corrected chi connectivity index (χ4v) is 2.27. The normalized spacial score (nSPS) is 10.4. The summed E-state index contributed by atoms with van der Waals surface area (Å²) in [6.07, 6.45) is 8.95. The summed E-state index contributed by atoms with van der Waals surface area (Å²) >= 11 is 6.07. The number of rotatable bonds is 3. The Morgan fingerprint density at radius 2 is 1.55 bits per heavy atom. The van der Waals surface area contributed by atoms with E-state index in [1.54, 1.807) is 18.6 Å². The molecule has 4 heteroatoms. The summed E-state index contributed by atoms with van der Waals surface area (Å²) < 4.78 is 0. The van der Waals surface area contributed by atoms with Crippen LogP contribution in [0.5, 0.6) is 0 Å². The molecule has 0 aliphatic carbocycles. The van der Waals surface area contributed by atoms with E-state index in [1.165, 1.54) is 0 Å². The summed E-state index contributed by atoms with van der Waals surface area (Å²) in [5, 5.41) is 0. The van der Waals surface area contributed by atoms with Crippen molar-refractivity contribution in [3.63, 3.8) is 0 Å². The fourth-order valence-electron chi connectivity index (χ4n) is 2.07. The molecule has 0 aliphatic heterocycles. The molecule has 3 aromatic rings. The lowest BCUT2D eigenvalue weighted by Crippen LogP contribution is -1.93. The maximum absolute atomic E-state index is 6.07. The maximum atomic E-state index is 6.07. The predicted octanol–water partition coefficient (Wildman–Crippen LogP) is 3.94. The highest BCUT2D eigenvalue weighted by Gasteiger charge is 2.08. The maximum Gasteiger partial charge on any atom is 0.0761 e. The number of hydrogen-bond donors (Lipinski definition) is 0. The van der Waals surface area contributed by atoms with E-state index in [4.69, 9.17) is 11.6 Å². The molecule has 0 atom stereocenters. The average molecular weight is 282 g/mol. The third kappa shape index (κ3) is 2.53. The molecule has 3 rings (SSSR count). The van der Waals surface area contributed by atoms with Gasteiger partial charge in [0.15, 0.2) is 0 Å². The van der Waals surface area contributed by atoms with Crippen LogP contribution in [0.2, 0.25) is 0 Å². The van der Waals surface area contributed by atoms with Gasteiger partial charge in [-0.25, -0.2) is 0 Å². The van der Waals surface area contributed by atoms with E-state index in [9.17, 15) is 0 Å². The van der Waals surface area contributed by atoms with Crippen LogP contribution in [0.25, 0.3) is 22.4 Å². The molecule has 3 aromatic heterocycles. The Kier molecular flexibility index (Phi) is 3.70. The second kappa shape index (κ2) is 5.80. The number of halogens is 1. The van der Waals surface area contributed by atoms with E-state index in [0.29, 0.717) is 5.88 Å². The van der Waals surface area contributed by atoms with Gasteiger partial charge in [-0.2, -0.15) is 0 Å². The van der Waals surface area contributed by atoms with Crippen LogP contribution >= 0.6 is 11.6 Å². The van der Waals surface area contributed by atoms with E-state index < -0.39 is 0 Å². The Labute approximate surface area is 122 Å². The predicted molar refractivity (Wildman–Crippen MR) is 80.3 cm³/mol. The van der Waals surface area contributed by atoms with Gasteiger partial charge in [-0.15, -0.1) is 11.6 Å². The molecule has 0 aromatic carbocycles. The molecule has 0 unspecified atom stereocenters. The topological polar surface area (TPSA) is 38.7 Å². The van der Waals surface area contributed by atoms with Crippen LogP contribution in [-0.2, 0) is 5.88 Å². The quantitative estimate of drug-likeness (QED) is 0.683. The van der Waals surface area contributed by atoms with Crippen molar-refractivity contribution in [2.24, 2.45) is 0 Å². The second-order valence-corrected chi connectivity index (χ2v) is 4.62. The van der Waals surface area contributed by atoms with Gasteiger partial charge < -0.3 is 0 Å². The van der Waals surface area contributed by atoms with Crippen molar-refractivity contribution in [2.45, 2.75) is 5.88 Å². The molecule has 0 N–H and O–H groups in total. The van der Waals surface area contributed by atoms with Crippen molar-refractivity contribution in [3.05, 3.63) is 66.9 Å². The highest BCUT2D eigenvalue weighted by molar-refractivity contribution is 6.17. The summed E-state index contributed by atoms with van der Waals surface area (Å²) in [4.78, 5) is 12.8. The molecule has 0 radical (unpaired) electrons. The van der Waals surface area contributed by atoms with Gasteiger partial charge in [-0.3, -0.25) is 15.0 Å².